The summed E-state index contributed by atoms with van der Waals surface area (Å²) in [6, 6.07) is 6.01. The average Bonchev–Trinajstić information content (AvgIpc) is 2.35. The minimum atomic E-state index is -3.79. The minimum absolute atomic E-state index is 0.0579. The van der Waals surface area contributed by atoms with Crippen molar-refractivity contribution in [3.05, 3.63) is 47.2 Å². The fraction of sp³-hybridized carbons (Fsp3) is 0.0833. The summed E-state index contributed by atoms with van der Waals surface area (Å²) in [5, 5.41) is 0.114. The van der Waals surface area contributed by atoms with Gasteiger partial charge in [0.25, 0.3) is 10.0 Å². The molecule has 7 heteroatoms. The lowest BCUT2D eigenvalue weighted by molar-refractivity contribution is 0.601. The molecule has 0 saturated carbocycles. The first-order chi connectivity index (χ1) is 8.90. The van der Waals surface area contributed by atoms with Crippen molar-refractivity contribution in [2.45, 2.75) is 11.8 Å². The topological polar surface area (TPSA) is 85.1 Å². The Balaban J connectivity index is 2.44. The number of nitrogens with zero attached hydrogens (tertiary/aromatic N) is 1. The zero-order chi connectivity index (χ0) is 14.0. The summed E-state index contributed by atoms with van der Waals surface area (Å²) >= 11 is 5.90. The van der Waals surface area contributed by atoms with E-state index in [1.807, 2.05) is 0 Å². The summed E-state index contributed by atoms with van der Waals surface area (Å²) in [4.78, 5) is 3.82. The lowest BCUT2D eigenvalue weighted by atomic mass is 10.3. The largest absolute Gasteiger partial charge is 0.399 e. The van der Waals surface area contributed by atoms with E-state index in [9.17, 15) is 8.42 Å². The zero-order valence-corrected chi connectivity index (χ0v) is 11.7. The van der Waals surface area contributed by atoms with Gasteiger partial charge < -0.3 is 5.73 Å². The molecule has 0 aliphatic rings. The maximum Gasteiger partial charge on any atom is 0.263 e. The van der Waals surface area contributed by atoms with Gasteiger partial charge in [0, 0.05) is 11.9 Å². The normalized spacial score (nSPS) is 11.3. The van der Waals surface area contributed by atoms with E-state index in [4.69, 9.17) is 17.3 Å². The quantitative estimate of drug-likeness (QED) is 0.852. The number of hydrogen-bond donors (Lipinski definition) is 2. The fourth-order valence-corrected chi connectivity index (χ4v) is 3.15. The Hall–Kier alpha value is -1.79. The van der Waals surface area contributed by atoms with Crippen LogP contribution in [-0.2, 0) is 10.0 Å². The molecule has 0 saturated heterocycles. The van der Waals surface area contributed by atoms with E-state index in [0.717, 1.165) is 5.56 Å². The number of sulfonamides is 1. The molecular formula is C12H12ClN3O2S. The first-order valence-electron chi connectivity index (χ1n) is 5.38. The molecule has 0 radical (unpaired) electrons. The number of aromatic nitrogens is 1. The van der Waals surface area contributed by atoms with E-state index >= 15 is 0 Å². The van der Waals surface area contributed by atoms with E-state index in [2.05, 4.69) is 9.71 Å². The van der Waals surface area contributed by atoms with Crippen LogP contribution in [0.5, 0.6) is 0 Å². The van der Waals surface area contributed by atoms with Gasteiger partial charge in [0.05, 0.1) is 16.9 Å². The van der Waals surface area contributed by atoms with Crippen LogP contribution in [0.1, 0.15) is 5.56 Å². The van der Waals surface area contributed by atoms with Crippen molar-refractivity contribution in [2.24, 2.45) is 0 Å². The molecule has 0 unspecified atom stereocenters. The number of hydrogen-bond acceptors (Lipinski definition) is 4. The Bertz CT molecular complexity index is 717. The highest BCUT2D eigenvalue weighted by atomic mass is 35.5. The van der Waals surface area contributed by atoms with Crippen LogP contribution in [0.25, 0.3) is 0 Å². The fourth-order valence-electron chi connectivity index (χ4n) is 1.50. The van der Waals surface area contributed by atoms with Crippen molar-refractivity contribution in [3.63, 3.8) is 0 Å². The average molecular weight is 298 g/mol. The predicted octanol–water partition coefficient (Wildman–Crippen LogP) is 2.43. The Labute approximate surface area is 116 Å². The van der Waals surface area contributed by atoms with E-state index in [-0.39, 0.29) is 9.92 Å². The molecule has 0 aliphatic carbocycles. The van der Waals surface area contributed by atoms with Gasteiger partial charge in [-0.25, -0.2) is 8.42 Å². The maximum absolute atomic E-state index is 12.2. The second-order valence-electron chi connectivity index (χ2n) is 3.99. The van der Waals surface area contributed by atoms with Crippen LogP contribution in [0.3, 0.4) is 0 Å². The number of halogens is 1. The molecule has 5 nitrogen and oxygen atoms in total. The first-order valence-corrected chi connectivity index (χ1v) is 7.25. The highest BCUT2D eigenvalue weighted by molar-refractivity contribution is 7.92. The van der Waals surface area contributed by atoms with Gasteiger partial charge in [0.1, 0.15) is 4.90 Å². The number of nitrogens with two attached hydrogens (primary N) is 1. The molecule has 1 aromatic heterocycles. The molecule has 0 fully saturated rings. The number of benzene rings is 1. The molecule has 0 amide bonds. The zero-order valence-electron chi connectivity index (χ0n) is 10.1. The number of aryl methyl sites for hydroxylation is 1. The van der Waals surface area contributed by atoms with E-state index < -0.39 is 10.0 Å². The number of rotatable bonds is 3. The van der Waals surface area contributed by atoms with Gasteiger partial charge >= 0.3 is 0 Å². The molecule has 0 bridgehead atoms. The molecule has 0 spiro atoms. The van der Waals surface area contributed by atoms with Crippen molar-refractivity contribution in [3.8, 4) is 0 Å². The second-order valence-corrected chi connectivity index (χ2v) is 6.04. The van der Waals surface area contributed by atoms with Crippen molar-refractivity contribution in [1.82, 2.24) is 4.98 Å². The molecule has 0 aliphatic heterocycles. The van der Waals surface area contributed by atoms with Crippen molar-refractivity contribution >= 4 is 33.0 Å². The lowest BCUT2D eigenvalue weighted by Crippen LogP contribution is -2.14. The van der Waals surface area contributed by atoms with Crippen LogP contribution < -0.4 is 10.5 Å². The summed E-state index contributed by atoms with van der Waals surface area (Å²) in [7, 11) is -3.79. The van der Waals surface area contributed by atoms with Crippen molar-refractivity contribution in [1.29, 1.82) is 0 Å². The summed E-state index contributed by atoms with van der Waals surface area (Å²) in [5.74, 6) is 0. The minimum Gasteiger partial charge on any atom is -0.399 e. The second kappa shape index (κ2) is 5.07. The summed E-state index contributed by atoms with van der Waals surface area (Å²) in [6.07, 6.45) is 3.02. The first kappa shape index (κ1) is 13.6. The molecule has 0 atom stereocenters. The van der Waals surface area contributed by atoms with Crippen LogP contribution in [0.4, 0.5) is 11.4 Å². The van der Waals surface area contributed by atoms with Gasteiger partial charge in [-0.1, -0.05) is 11.6 Å². The SMILES string of the molecule is Cc1ccncc1NS(=O)(=O)c1cc(N)ccc1Cl. The summed E-state index contributed by atoms with van der Waals surface area (Å²) < 4.78 is 26.9. The molecule has 19 heavy (non-hydrogen) atoms. The lowest BCUT2D eigenvalue weighted by Gasteiger charge is -2.11. The molecule has 1 heterocycles. The van der Waals surface area contributed by atoms with Gasteiger partial charge in [-0.3, -0.25) is 9.71 Å². The van der Waals surface area contributed by atoms with Gasteiger partial charge in [0.2, 0.25) is 0 Å². The third kappa shape index (κ3) is 2.97. The number of nitrogen functional groups attached to an aromatic ring is 1. The van der Waals surface area contributed by atoms with Gasteiger partial charge in [-0.05, 0) is 36.8 Å². The van der Waals surface area contributed by atoms with Crippen LogP contribution in [0.15, 0.2) is 41.6 Å². The Morgan fingerprint density at radius 3 is 2.74 bits per heavy atom. The smallest absolute Gasteiger partial charge is 0.263 e. The van der Waals surface area contributed by atoms with Crippen molar-refractivity contribution in [2.75, 3.05) is 10.5 Å². The molecule has 1 aromatic carbocycles. The summed E-state index contributed by atoms with van der Waals surface area (Å²) in [6.45, 7) is 1.78. The van der Waals surface area contributed by atoms with E-state index in [1.165, 1.54) is 24.4 Å². The summed E-state index contributed by atoms with van der Waals surface area (Å²) in [5.41, 5.74) is 7.08. The molecule has 3 N–H and O–H groups in total. The predicted molar refractivity (Wildman–Crippen MR) is 75.6 cm³/mol. The van der Waals surface area contributed by atoms with Gasteiger partial charge in [0.15, 0.2) is 0 Å². The highest BCUT2D eigenvalue weighted by Crippen LogP contribution is 2.26. The Morgan fingerprint density at radius 2 is 2.05 bits per heavy atom. The highest BCUT2D eigenvalue weighted by Gasteiger charge is 2.19. The third-order valence-corrected chi connectivity index (χ3v) is 4.38. The number of nitrogens with one attached hydrogen (secondary N) is 1. The Morgan fingerprint density at radius 1 is 1.32 bits per heavy atom. The molecule has 2 rings (SSSR count). The number of pyridine rings is 1. The molecular weight excluding hydrogens is 286 g/mol. The molecule has 2 aromatic rings. The van der Waals surface area contributed by atoms with E-state index in [1.54, 1.807) is 19.2 Å². The standard InChI is InChI=1S/C12H12ClN3O2S/c1-8-4-5-15-7-11(8)16-19(17,18)12-6-9(14)2-3-10(12)13/h2-7,16H,14H2,1H3. The monoisotopic (exact) mass is 297 g/mol. The van der Waals surface area contributed by atoms with Crippen LogP contribution in [0, 0.1) is 6.92 Å². The Kier molecular flexibility index (Phi) is 3.64. The van der Waals surface area contributed by atoms with Gasteiger partial charge in [-0.15, -0.1) is 0 Å². The van der Waals surface area contributed by atoms with Crippen LogP contribution in [-0.4, -0.2) is 13.4 Å². The van der Waals surface area contributed by atoms with Crippen LogP contribution in [0.2, 0.25) is 5.02 Å². The maximum atomic E-state index is 12.2. The van der Waals surface area contributed by atoms with Gasteiger partial charge in [-0.2, -0.15) is 0 Å². The van der Waals surface area contributed by atoms with Crippen LogP contribution >= 0.6 is 11.6 Å². The van der Waals surface area contributed by atoms with Crippen molar-refractivity contribution < 1.29 is 8.42 Å². The van der Waals surface area contributed by atoms with E-state index in [0.29, 0.717) is 11.4 Å². The molecule has 100 valence electrons. The third-order valence-electron chi connectivity index (χ3n) is 2.53. The number of anilines is 2.